The molecule has 0 fully saturated rings. The molecule has 0 aliphatic carbocycles. The lowest BCUT2D eigenvalue weighted by Crippen LogP contribution is -2.02. The predicted molar refractivity (Wildman–Crippen MR) is 76.1 cm³/mol. The van der Waals surface area contributed by atoms with Crippen molar-refractivity contribution in [2.24, 2.45) is 0 Å². The van der Waals surface area contributed by atoms with Gasteiger partial charge in [-0.1, -0.05) is 12.1 Å². The third-order valence-corrected chi connectivity index (χ3v) is 3.62. The largest absolute Gasteiger partial charge is 0.491 e. The summed E-state index contributed by atoms with van der Waals surface area (Å²) in [4.78, 5) is 3.47. The van der Waals surface area contributed by atoms with Crippen LogP contribution in [0, 0.1) is 11.8 Å². The third kappa shape index (κ3) is 2.40. The lowest BCUT2D eigenvalue weighted by molar-refractivity contribution is 0.444. The first-order valence-electron chi connectivity index (χ1n) is 5.92. The number of aromatic hydroxyl groups is 1. The fraction of sp³-hybridized carbons (Fsp3) is 0. The topological polar surface area (TPSA) is 50.9 Å². The van der Waals surface area contributed by atoms with Crippen LogP contribution in [0.25, 0.3) is 16.9 Å². The van der Waals surface area contributed by atoms with Crippen molar-refractivity contribution in [3.05, 3.63) is 58.8 Å². The number of halogens is 3. The summed E-state index contributed by atoms with van der Waals surface area (Å²) < 4.78 is 28.7. The molecule has 0 aliphatic rings. The Morgan fingerprint density at radius 3 is 2.62 bits per heavy atom. The smallest absolute Gasteiger partial charge is 0.245 e. The van der Waals surface area contributed by atoms with Gasteiger partial charge in [0.2, 0.25) is 11.8 Å². The second-order valence-corrected chi connectivity index (χ2v) is 5.01. The highest BCUT2D eigenvalue weighted by molar-refractivity contribution is 9.10. The molecule has 1 N–H and O–H groups in total. The maximum Gasteiger partial charge on any atom is 0.245 e. The number of para-hydroxylation sites is 1. The van der Waals surface area contributed by atoms with Crippen molar-refractivity contribution in [1.82, 2.24) is 14.8 Å². The average molecular weight is 352 g/mol. The SMILES string of the molecule is Oc1nn(-c2ccccc2F)c(-c2ccnc(F)c2)c1Br. The van der Waals surface area contributed by atoms with Gasteiger partial charge in [0.05, 0.1) is 5.69 Å². The molecule has 0 radical (unpaired) electrons. The Hall–Kier alpha value is -2.28. The lowest BCUT2D eigenvalue weighted by Gasteiger charge is -2.08. The Balaban J connectivity index is 2.29. The van der Waals surface area contributed by atoms with E-state index in [1.165, 1.54) is 29.1 Å². The second kappa shape index (κ2) is 5.25. The normalized spacial score (nSPS) is 10.8. The molecule has 4 nitrogen and oxygen atoms in total. The maximum atomic E-state index is 13.9. The first kappa shape index (κ1) is 13.7. The summed E-state index contributed by atoms with van der Waals surface area (Å²) in [7, 11) is 0. The minimum absolute atomic E-state index is 0.144. The first-order valence-corrected chi connectivity index (χ1v) is 6.71. The van der Waals surface area contributed by atoms with Crippen LogP contribution in [0.15, 0.2) is 47.1 Å². The summed E-state index contributed by atoms with van der Waals surface area (Å²) in [6.07, 6.45) is 1.28. The van der Waals surface area contributed by atoms with Crippen LogP contribution < -0.4 is 0 Å². The molecule has 0 saturated heterocycles. The van der Waals surface area contributed by atoms with E-state index in [9.17, 15) is 13.9 Å². The van der Waals surface area contributed by atoms with Gasteiger partial charge in [0.15, 0.2) is 0 Å². The minimum Gasteiger partial charge on any atom is -0.491 e. The molecule has 0 unspecified atom stereocenters. The molecule has 7 heteroatoms. The van der Waals surface area contributed by atoms with Crippen molar-refractivity contribution in [2.45, 2.75) is 0 Å². The van der Waals surface area contributed by atoms with E-state index in [4.69, 9.17) is 0 Å². The van der Waals surface area contributed by atoms with E-state index in [0.29, 0.717) is 11.3 Å². The first-order chi connectivity index (χ1) is 10.1. The molecular weight excluding hydrogens is 344 g/mol. The molecule has 2 aromatic heterocycles. The van der Waals surface area contributed by atoms with Crippen molar-refractivity contribution < 1.29 is 13.9 Å². The van der Waals surface area contributed by atoms with Crippen LogP contribution in [0.5, 0.6) is 5.88 Å². The van der Waals surface area contributed by atoms with Gasteiger partial charge in [-0.2, -0.15) is 4.39 Å². The fourth-order valence-corrected chi connectivity index (χ4v) is 2.46. The number of rotatable bonds is 2. The highest BCUT2D eigenvalue weighted by Crippen LogP contribution is 2.36. The molecule has 2 heterocycles. The van der Waals surface area contributed by atoms with Gasteiger partial charge in [-0.05, 0) is 34.1 Å². The number of aromatic nitrogens is 3. The molecule has 3 rings (SSSR count). The Morgan fingerprint density at radius 1 is 1.14 bits per heavy atom. The zero-order chi connectivity index (χ0) is 15.0. The number of hydrogen-bond donors (Lipinski definition) is 1. The highest BCUT2D eigenvalue weighted by Gasteiger charge is 2.20. The highest BCUT2D eigenvalue weighted by atomic mass is 79.9. The zero-order valence-electron chi connectivity index (χ0n) is 10.5. The van der Waals surface area contributed by atoms with Crippen molar-refractivity contribution in [3.63, 3.8) is 0 Å². The third-order valence-electron chi connectivity index (χ3n) is 2.89. The van der Waals surface area contributed by atoms with Gasteiger partial charge in [0, 0.05) is 17.8 Å². The standard InChI is InChI=1S/C14H8BrF2N3O/c15-12-13(8-5-6-18-11(17)7-8)20(19-14(12)21)10-4-2-1-3-9(10)16/h1-7H,(H,19,21). The molecule has 0 aliphatic heterocycles. The van der Waals surface area contributed by atoms with Gasteiger partial charge in [0.25, 0.3) is 0 Å². The van der Waals surface area contributed by atoms with Crippen LogP contribution in [0.3, 0.4) is 0 Å². The fourth-order valence-electron chi connectivity index (χ4n) is 1.98. The van der Waals surface area contributed by atoms with Crippen molar-refractivity contribution in [3.8, 4) is 22.8 Å². The molecular formula is C14H8BrF2N3O. The van der Waals surface area contributed by atoms with Crippen LogP contribution in [0.1, 0.15) is 0 Å². The van der Waals surface area contributed by atoms with Gasteiger partial charge >= 0.3 is 0 Å². The molecule has 0 atom stereocenters. The lowest BCUT2D eigenvalue weighted by atomic mass is 10.2. The Morgan fingerprint density at radius 2 is 1.90 bits per heavy atom. The second-order valence-electron chi connectivity index (χ2n) is 4.22. The van der Waals surface area contributed by atoms with Crippen molar-refractivity contribution in [2.75, 3.05) is 0 Å². The maximum absolute atomic E-state index is 13.9. The number of pyridine rings is 1. The summed E-state index contributed by atoms with van der Waals surface area (Å²) in [5.41, 5.74) is 0.884. The Labute approximate surface area is 126 Å². The van der Waals surface area contributed by atoms with E-state index in [1.54, 1.807) is 18.2 Å². The molecule has 0 saturated carbocycles. The number of benzene rings is 1. The number of nitrogens with zero attached hydrogens (tertiary/aromatic N) is 3. The van der Waals surface area contributed by atoms with Crippen LogP contribution in [-0.2, 0) is 0 Å². The Kier molecular flexibility index (Phi) is 3.42. The minimum atomic E-state index is -0.680. The molecule has 21 heavy (non-hydrogen) atoms. The molecule has 106 valence electrons. The van der Waals surface area contributed by atoms with Gasteiger partial charge < -0.3 is 5.11 Å². The van der Waals surface area contributed by atoms with Gasteiger partial charge in [0.1, 0.15) is 16.0 Å². The quantitative estimate of drug-likeness (QED) is 0.716. The molecule has 0 bridgehead atoms. The van der Waals surface area contributed by atoms with Crippen LogP contribution in [-0.4, -0.2) is 19.9 Å². The van der Waals surface area contributed by atoms with Crippen LogP contribution >= 0.6 is 15.9 Å². The Bertz CT molecular complexity index is 820. The molecule has 1 aromatic carbocycles. The molecule has 3 aromatic rings. The van der Waals surface area contributed by atoms with E-state index in [2.05, 4.69) is 26.0 Å². The van der Waals surface area contributed by atoms with E-state index in [0.717, 1.165) is 0 Å². The van der Waals surface area contributed by atoms with Crippen LogP contribution in [0.4, 0.5) is 8.78 Å². The summed E-state index contributed by atoms with van der Waals surface area (Å²) in [5, 5.41) is 13.7. The number of hydrogen-bond acceptors (Lipinski definition) is 3. The van der Waals surface area contributed by atoms with Crippen molar-refractivity contribution in [1.29, 1.82) is 0 Å². The summed E-state index contributed by atoms with van der Waals surface area (Å²) >= 11 is 3.19. The molecule has 0 amide bonds. The summed E-state index contributed by atoms with van der Waals surface area (Å²) in [6, 6.07) is 8.69. The van der Waals surface area contributed by atoms with Crippen molar-refractivity contribution >= 4 is 15.9 Å². The predicted octanol–water partition coefficient (Wildman–Crippen LogP) is 3.68. The summed E-state index contributed by atoms with van der Waals surface area (Å²) in [5.74, 6) is -1.51. The van der Waals surface area contributed by atoms with E-state index < -0.39 is 11.8 Å². The average Bonchev–Trinajstić information content (AvgIpc) is 2.75. The van der Waals surface area contributed by atoms with Gasteiger partial charge in [-0.15, -0.1) is 5.10 Å². The van der Waals surface area contributed by atoms with E-state index in [-0.39, 0.29) is 16.0 Å². The van der Waals surface area contributed by atoms with E-state index >= 15 is 0 Å². The van der Waals surface area contributed by atoms with Crippen LogP contribution in [0.2, 0.25) is 0 Å². The zero-order valence-corrected chi connectivity index (χ0v) is 12.1. The monoisotopic (exact) mass is 351 g/mol. The summed E-state index contributed by atoms with van der Waals surface area (Å²) in [6.45, 7) is 0. The van der Waals surface area contributed by atoms with Gasteiger partial charge in [-0.3, -0.25) is 0 Å². The molecule has 0 spiro atoms. The van der Waals surface area contributed by atoms with E-state index in [1.807, 2.05) is 0 Å². The van der Waals surface area contributed by atoms with Gasteiger partial charge in [-0.25, -0.2) is 14.1 Å².